The van der Waals surface area contributed by atoms with Crippen LogP contribution in [0.4, 0.5) is 0 Å². The molecule has 0 aliphatic rings. The van der Waals surface area contributed by atoms with E-state index in [1.807, 2.05) is 0 Å². The summed E-state index contributed by atoms with van der Waals surface area (Å²) in [7, 11) is -4.37. The Labute approximate surface area is 293 Å². The summed E-state index contributed by atoms with van der Waals surface area (Å²) in [6.45, 7) is 3.67. The third-order valence-corrected chi connectivity index (χ3v) is 9.04. The summed E-state index contributed by atoms with van der Waals surface area (Å²) >= 11 is 0. The van der Waals surface area contributed by atoms with E-state index in [1.54, 1.807) is 0 Å². The molecule has 0 bridgehead atoms. The van der Waals surface area contributed by atoms with Crippen molar-refractivity contribution in [2.24, 2.45) is 5.73 Å². The van der Waals surface area contributed by atoms with Crippen LogP contribution >= 0.6 is 7.82 Å². The Morgan fingerprint density at radius 3 is 1.52 bits per heavy atom. The molecular weight excluding hydrogens is 629 g/mol. The number of allylic oxidation sites excluding steroid dienone is 4. The summed E-state index contributed by atoms with van der Waals surface area (Å²) in [4.78, 5) is 34.7. The highest BCUT2D eigenvalue weighted by Gasteiger charge is 2.25. The van der Waals surface area contributed by atoms with Crippen LogP contribution in [0.1, 0.15) is 174 Å². The second kappa shape index (κ2) is 35.3. The number of phosphoric ester groups is 1. The highest BCUT2D eigenvalue weighted by Crippen LogP contribution is 2.43. The average molecular weight is 702 g/mol. The number of carbonyl (C=O) groups excluding carboxylic acids is 2. The van der Waals surface area contributed by atoms with Gasteiger partial charge in [-0.25, -0.2) is 4.57 Å². The lowest BCUT2D eigenvalue weighted by Gasteiger charge is -2.19. The quantitative estimate of drug-likeness (QED) is 0.0283. The second-order valence-electron chi connectivity index (χ2n) is 12.8. The topological polar surface area (TPSA) is 134 Å². The minimum Gasteiger partial charge on any atom is -0.462 e. The Morgan fingerprint density at radius 2 is 1.02 bits per heavy atom. The van der Waals surface area contributed by atoms with Crippen molar-refractivity contribution >= 4 is 19.8 Å². The maximum absolute atomic E-state index is 12.5. The molecule has 0 aromatic carbocycles. The number of unbranched alkanes of at least 4 members (excludes halogenated alkanes) is 19. The molecule has 0 saturated carbocycles. The van der Waals surface area contributed by atoms with E-state index in [1.165, 1.54) is 70.6 Å². The first-order valence-corrected chi connectivity index (χ1v) is 20.8. The number of esters is 2. The van der Waals surface area contributed by atoms with E-state index in [0.717, 1.165) is 70.6 Å². The number of phosphoric acid groups is 1. The summed E-state index contributed by atoms with van der Waals surface area (Å²) in [6, 6.07) is 0. The molecule has 0 aliphatic heterocycles. The van der Waals surface area contributed by atoms with Gasteiger partial charge in [0.2, 0.25) is 0 Å². The molecule has 0 aliphatic carbocycles. The summed E-state index contributed by atoms with van der Waals surface area (Å²) in [6.07, 6.45) is 34.9. The van der Waals surface area contributed by atoms with E-state index >= 15 is 0 Å². The molecular formula is C38H72NO8P. The highest BCUT2D eigenvalue weighted by atomic mass is 31.2. The Kier molecular flexibility index (Phi) is 34.2. The minimum atomic E-state index is -4.37. The summed E-state index contributed by atoms with van der Waals surface area (Å²) in [5.74, 6) is -0.849. The number of ether oxygens (including phenoxy) is 2. The highest BCUT2D eigenvalue weighted by molar-refractivity contribution is 7.47. The molecule has 10 heteroatoms. The summed E-state index contributed by atoms with van der Waals surface area (Å²) < 4.78 is 32.6. The molecule has 9 nitrogen and oxygen atoms in total. The Balaban J connectivity index is 4.24. The predicted molar refractivity (Wildman–Crippen MR) is 197 cm³/mol. The van der Waals surface area contributed by atoms with Crippen molar-refractivity contribution in [2.75, 3.05) is 26.4 Å². The zero-order chi connectivity index (χ0) is 35.4. The van der Waals surface area contributed by atoms with Crippen molar-refractivity contribution in [1.29, 1.82) is 0 Å². The molecule has 0 rings (SSSR count). The van der Waals surface area contributed by atoms with Crippen LogP contribution in [-0.2, 0) is 32.7 Å². The van der Waals surface area contributed by atoms with Crippen molar-refractivity contribution in [2.45, 2.75) is 180 Å². The van der Waals surface area contributed by atoms with E-state index in [4.69, 9.17) is 24.3 Å². The van der Waals surface area contributed by atoms with Gasteiger partial charge in [0.15, 0.2) is 6.10 Å². The third-order valence-electron chi connectivity index (χ3n) is 8.06. The first kappa shape index (κ1) is 46.5. The van der Waals surface area contributed by atoms with Crippen molar-refractivity contribution in [3.8, 4) is 0 Å². The van der Waals surface area contributed by atoms with Crippen molar-refractivity contribution < 1.29 is 37.6 Å². The monoisotopic (exact) mass is 701 g/mol. The van der Waals surface area contributed by atoms with Crippen LogP contribution in [0.5, 0.6) is 0 Å². The molecule has 0 saturated heterocycles. The molecule has 0 fully saturated rings. The van der Waals surface area contributed by atoms with Gasteiger partial charge in [0, 0.05) is 19.4 Å². The van der Waals surface area contributed by atoms with Crippen molar-refractivity contribution in [3.63, 3.8) is 0 Å². The second-order valence-corrected chi connectivity index (χ2v) is 14.2. The first-order valence-electron chi connectivity index (χ1n) is 19.3. The van der Waals surface area contributed by atoms with Crippen LogP contribution in [0.3, 0.4) is 0 Å². The van der Waals surface area contributed by atoms with Gasteiger partial charge in [-0.15, -0.1) is 0 Å². The lowest BCUT2D eigenvalue weighted by Crippen LogP contribution is -2.29. The SMILES string of the molecule is CCCCC/C=C/CCCCCCCC(=O)OC[C@H](COP(=O)(O)OCCN)OC(=O)CCCCCCC/C=C/CCCCCCCC. The van der Waals surface area contributed by atoms with Crippen LogP contribution < -0.4 is 5.73 Å². The van der Waals surface area contributed by atoms with Gasteiger partial charge in [-0.2, -0.15) is 0 Å². The molecule has 48 heavy (non-hydrogen) atoms. The first-order chi connectivity index (χ1) is 23.3. The van der Waals surface area contributed by atoms with Gasteiger partial charge in [0.25, 0.3) is 0 Å². The van der Waals surface area contributed by atoms with Gasteiger partial charge < -0.3 is 20.1 Å². The number of rotatable bonds is 36. The van der Waals surface area contributed by atoms with E-state index in [9.17, 15) is 19.0 Å². The molecule has 282 valence electrons. The molecule has 2 atom stereocenters. The van der Waals surface area contributed by atoms with Gasteiger partial charge in [-0.3, -0.25) is 18.6 Å². The Morgan fingerprint density at radius 1 is 0.604 bits per heavy atom. The smallest absolute Gasteiger partial charge is 0.462 e. The molecule has 0 aromatic heterocycles. The molecule has 0 amide bonds. The van der Waals surface area contributed by atoms with Crippen LogP contribution in [0.25, 0.3) is 0 Å². The molecule has 0 aromatic rings. The maximum atomic E-state index is 12.5. The van der Waals surface area contributed by atoms with Crippen LogP contribution in [0.15, 0.2) is 24.3 Å². The minimum absolute atomic E-state index is 0.0517. The Hall–Kier alpha value is -1.51. The maximum Gasteiger partial charge on any atom is 0.472 e. The lowest BCUT2D eigenvalue weighted by atomic mass is 10.1. The fraction of sp³-hybridized carbons (Fsp3) is 0.842. The summed E-state index contributed by atoms with van der Waals surface area (Å²) in [5.41, 5.74) is 5.33. The van der Waals surface area contributed by atoms with Gasteiger partial charge in [0.05, 0.1) is 13.2 Å². The van der Waals surface area contributed by atoms with E-state index < -0.39 is 32.5 Å². The number of hydrogen-bond donors (Lipinski definition) is 2. The number of hydrogen-bond acceptors (Lipinski definition) is 8. The Bertz CT molecular complexity index is 851. The fourth-order valence-corrected chi connectivity index (χ4v) is 5.92. The van der Waals surface area contributed by atoms with Crippen molar-refractivity contribution in [3.05, 3.63) is 24.3 Å². The van der Waals surface area contributed by atoms with E-state index in [-0.39, 0.29) is 32.6 Å². The molecule has 0 heterocycles. The zero-order valence-electron chi connectivity index (χ0n) is 30.7. The van der Waals surface area contributed by atoms with Gasteiger partial charge in [-0.1, -0.05) is 122 Å². The zero-order valence-corrected chi connectivity index (χ0v) is 31.6. The largest absolute Gasteiger partial charge is 0.472 e. The van der Waals surface area contributed by atoms with Crippen LogP contribution in [-0.4, -0.2) is 49.3 Å². The summed E-state index contributed by atoms with van der Waals surface area (Å²) in [5, 5.41) is 0. The number of carbonyl (C=O) groups is 2. The standard InChI is InChI=1S/C38H72NO8P/c1-3-5-7-9-11-13-15-17-18-19-21-23-25-27-29-31-38(41)47-36(35-46-48(42,43)45-33-32-39)34-44-37(40)30-28-26-24-22-20-16-14-12-10-8-6-4-2/h12,14,17-18,36H,3-11,13,15-16,19-35,39H2,1-2H3,(H,42,43)/b14-12+,18-17+/t36-/m1/s1. The van der Waals surface area contributed by atoms with E-state index in [0.29, 0.717) is 6.42 Å². The van der Waals surface area contributed by atoms with Crippen LogP contribution in [0, 0.1) is 0 Å². The van der Waals surface area contributed by atoms with Gasteiger partial charge in [-0.05, 0) is 64.2 Å². The molecule has 0 radical (unpaired) electrons. The normalized spacial score (nSPS) is 13.7. The third kappa shape index (κ3) is 34.4. The average Bonchev–Trinajstić information content (AvgIpc) is 3.07. The molecule has 0 spiro atoms. The van der Waals surface area contributed by atoms with Gasteiger partial charge in [0.1, 0.15) is 6.61 Å². The van der Waals surface area contributed by atoms with E-state index in [2.05, 4.69) is 38.2 Å². The predicted octanol–water partition coefficient (Wildman–Crippen LogP) is 10.4. The number of nitrogens with two attached hydrogens (primary N) is 1. The van der Waals surface area contributed by atoms with Gasteiger partial charge >= 0.3 is 19.8 Å². The molecule has 1 unspecified atom stereocenters. The lowest BCUT2D eigenvalue weighted by molar-refractivity contribution is -0.161. The van der Waals surface area contributed by atoms with Crippen LogP contribution in [0.2, 0.25) is 0 Å². The molecule has 3 N–H and O–H groups in total. The van der Waals surface area contributed by atoms with Crippen molar-refractivity contribution in [1.82, 2.24) is 0 Å². The fourth-order valence-electron chi connectivity index (χ4n) is 5.15.